The van der Waals surface area contributed by atoms with Crippen molar-refractivity contribution in [2.75, 3.05) is 53.5 Å². The maximum Gasteiger partial charge on any atom is 0.409 e. The summed E-state index contributed by atoms with van der Waals surface area (Å²) >= 11 is 12.1. The molecule has 8 nitrogen and oxygen atoms in total. The van der Waals surface area contributed by atoms with E-state index in [4.69, 9.17) is 32.7 Å². The highest BCUT2D eigenvalue weighted by Crippen LogP contribution is 2.24. The number of piperazine rings is 1. The number of amides is 2. The highest BCUT2D eigenvalue weighted by atomic mass is 35.5. The molecular formula is C22H27Cl2N3O5. The Bertz CT molecular complexity index is 908. The number of nitrogens with zero attached hydrogens (tertiary/aromatic N) is 3. The topological polar surface area (TPSA) is 79.4 Å². The number of halogens is 2. The smallest absolute Gasteiger partial charge is 0.409 e. The molecule has 10 heteroatoms. The van der Waals surface area contributed by atoms with Gasteiger partial charge in [-0.1, -0.05) is 29.3 Å². The molecule has 2 aliphatic rings. The molecule has 2 heterocycles. The molecular weight excluding hydrogens is 457 g/mol. The minimum absolute atomic E-state index is 0.0394. The van der Waals surface area contributed by atoms with Gasteiger partial charge in [-0.25, -0.2) is 9.59 Å². The van der Waals surface area contributed by atoms with Crippen molar-refractivity contribution in [1.29, 1.82) is 0 Å². The molecule has 2 fully saturated rings. The summed E-state index contributed by atoms with van der Waals surface area (Å²) in [6.07, 6.45) is 2.08. The monoisotopic (exact) mass is 483 g/mol. The molecule has 2 aliphatic heterocycles. The highest BCUT2D eigenvalue weighted by Gasteiger charge is 2.35. The van der Waals surface area contributed by atoms with Crippen LogP contribution in [-0.4, -0.2) is 92.2 Å². The van der Waals surface area contributed by atoms with Gasteiger partial charge in [0.05, 0.1) is 36.7 Å². The van der Waals surface area contributed by atoms with E-state index in [9.17, 15) is 14.4 Å². The van der Waals surface area contributed by atoms with Crippen molar-refractivity contribution < 1.29 is 23.9 Å². The van der Waals surface area contributed by atoms with Crippen LogP contribution in [0, 0.1) is 0 Å². The van der Waals surface area contributed by atoms with Crippen LogP contribution in [0.3, 0.4) is 0 Å². The van der Waals surface area contributed by atoms with Gasteiger partial charge in [-0.3, -0.25) is 9.69 Å². The van der Waals surface area contributed by atoms with Crippen LogP contribution in [0.25, 0.3) is 0 Å². The lowest BCUT2D eigenvalue weighted by Gasteiger charge is -2.42. The van der Waals surface area contributed by atoms with Crippen LogP contribution >= 0.6 is 23.2 Å². The fraction of sp³-hybridized carbons (Fsp3) is 0.500. The average Bonchev–Trinajstić information content (AvgIpc) is 3.22. The second-order valence-electron chi connectivity index (χ2n) is 7.89. The van der Waals surface area contributed by atoms with Crippen LogP contribution in [0.4, 0.5) is 4.79 Å². The van der Waals surface area contributed by atoms with Crippen molar-refractivity contribution in [1.82, 2.24) is 14.7 Å². The van der Waals surface area contributed by atoms with Crippen LogP contribution in [-0.2, 0) is 25.5 Å². The molecule has 0 spiro atoms. The third-order valence-corrected chi connectivity index (χ3v) is 6.48. The predicted octanol–water partition coefficient (Wildman–Crippen LogP) is 2.62. The molecule has 1 unspecified atom stereocenters. The Morgan fingerprint density at radius 3 is 2.56 bits per heavy atom. The standard InChI is InChI=1S/C22H27Cl2N3O5/c1-31-21(29)11-16-5-6-25(12-16)13-17-14-26(22(30)32-2)7-8-27(17)20(28)10-15-3-4-18(23)19(24)9-15/h3-4,9,11,17H,5-8,10,12-14H2,1-2H3/b16-11-. The van der Waals surface area contributed by atoms with Gasteiger partial charge in [0.25, 0.3) is 0 Å². The summed E-state index contributed by atoms with van der Waals surface area (Å²) in [5, 5.41) is 0.850. The summed E-state index contributed by atoms with van der Waals surface area (Å²) in [7, 11) is 2.70. The lowest BCUT2D eigenvalue weighted by Crippen LogP contribution is -2.59. The van der Waals surface area contributed by atoms with Gasteiger partial charge < -0.3 is 19.3 Å². The first-order valence-corrected chi connectivity index (χ1v) is 11.1. The zero-order valence-electron chi connectivity index (χ0n) is 18.2. The third-order valence-electron chi connectivity index (χ3n) is 5.74. The second-order valence-corrected chi connectivity index (χ2v) is 8.71. The molecule has 0 bridgehead atoms. The van der Waals surface area contributed by atoms with Gasteiger partial charge in [-0.05, 0) is 29.7 Å². The molecule has 0 radical (unpaired) electrons. The van der Waals surface area contributed by atoms with E-state index in [0.29, 0.717) is 42.8 Å². The quantitative estimate of drug-likeness (QED) is 0.473. The van der Waals surface area contributed by atoms with Crippen LogP contribution in [0.2, 0.25) is 10.0 Å². The minimum Gasteiger partial charge on any atom is -0.466 e. The number of rotatable bonds is 5. The molecule has 174 valence electrons. The second kappa shape index (κ2) is 11.0. The summed E-state index contributed by atoms with van der Waals surface area (Å²) < 4.78 is 9.59. The van der Waals surface area contributed by atoms with E-state index in [1.807, 2.05) is 4.90 Å². The SMILES string of the molecule is COC(=O)/C=C1/CCN(CC2CN(C(=O)OC)CCN2C(=O)Cc2ccc(Cl)c(Cl)c2)C1. The number of carbonyl (C=O) groups excluding carboxylic acids is 3. The van der Waals surface area contributed by atoms with Crippen molar-refractivity contribution >= 4 is 41.2 Å². The van der Waals surface area contributed by atoms with Gasteiger partial charge in [0, 0.05) is 45.3 Å². The molecule has 1 atom stereocenters. The Hall–Kier alpha value is -2.29. The molecule has 2 saturated heterocycles. The van der Waals surface area contributed by atoms with E-state index in [1.165, 1.54) is 20.3 Å². The first kappa shape index (κ1) is 24.4. The van der Waals surface area contributed by atoms with Crippen LogP contribution in [0.5, 0.6) is 0 Å². The number of hydrogen-bond donors (Lipinski definition) is 0. The molecule has 32 heavy (non-hydrogen) atoms. The Morgan fingerprint density at radius 2 is 1.88 bits per heavy atom. The lowest BCUT2D eigenvalue weighted by molar-refractivity contribution is -0.136. The number of methoxy groups -OCH3 is 2. The Kier molecular flexibility index (Phi) is 8.39. The molecule has 0 saturated carbocycles. The van der Waals surface area contributed by atoms with E-state index >= 15 is 0 Å². The molecule has 3 rings (SSSR count). The number of benzene rings is 1. The maximum absolute atomic E-state index is 13.2. The summed E-state index contributed by atoms with van der Waals surface area (Å²) in [4.78, 5) is 42.4. The molecule has 0 N–H and O–H groups in total. The first-order valence-electron chi connectivity index (χ1n) is 10.4. The predicted molar refractivity (Wildman–Crippen MR) is 121 cm³/mol. The van der Waals surface area contributed by atoms with Crippen LogP contribution in [0.1, 0.15) is 12.0 Å². The number of carbonyl (C=O) groups is 3. The highest BCUT2D eigenvalue weighted by molar-refractivity contribution is 6.42. The summed E-state index contributed by atoms with van der Waals surface area (Å²) in [5.74, 6) is -0.405. The first-order chi connectivity index (χ1) is 15.3. The van der Waals surface area contributed by atoms with E-state index in [-0.39, 0.29) is 24.3 Å². The zero-order chi connectivity index (χ0) is 23.3. The van der Waals surface area contributed by atoms with Crippen molar-refractivity contribution in [3.05, 3.63) is 45.5 Å². The summed E-state index contributed by atoms with van der Waals surface area (Å²) in [6.45, 7) is 3.18. The van der Waals surface area contributed by atoms with Gasteiger partial charge in [-0.15, -0.1) is 0 Å². The van der Waals surface area contributed by atoms with Gasteiger partial charge >= 0.3 is 12.1 Å². The average molecular weight is 484 g/mol. The molecule has 0 aliphatic carbocycles. The molecule has 1 aromatic rings. The maximum atomic E-state index is 13.2. The minimum atomic E-state index is -0.403. The third kappa shape index (κ3) is 6.15. The number of hydrogen-bond acceptors (Lipinski definition) is 6. The molecule has 0 aromatic heterocycles. The van der Waals surface area contributed by atoms with E-state index in [2.05, 4.69) is 4.90 Å². The summed E-state index contributed by atoms with van der Waals surface area (Å²) in [6, 6.07) is 4.97. The van der Waals surface area contributed by atoms with Crippen molar-refractivity contribution in [2.24, 2.45) is 0 Å². The zero-order valence-corrected chi connectivity index (χ0v) is 19.7. The molecule has 1 aromatic carbocycles. The van der Waals surface area contributed by atoms with Crippen molar-refractivity contribution in [3.8, 4) is 0 Å². The van der Waals surface area contributed by atoms with Crippen molar-refractivity contribution in [3.63, 3.8) is 0 Å². The Balaban J connectivity index is 1.71. The fourth-order valence-corrected chi connectivity index (χ4v) is 4.43. The van der Waals surface area contributed by atoms with Crippen LogP contribution in [0.15, 0.2) is 29.8 Å². The fourth-order valence-electron chi connectivity index (χ4n) is 4.10. The van der Waals surface area contributed by atoms with Gasteiger partial charge in [0.2, 0.25) is 5.91 Å². The van der Waals surface area contributed by atoms with E-state index in [1.54, 1.807) is 23.1 Å². The molecule has 2 amide bonds. The van der Waals surface area contributed by atoms with E-state index < -0.39 is 6.09 Å². The van der Waals surface area contributed by atoms with Gasteiger partial charge in [0.1, 0.15) is 0 Å². The van der Waals surface area contributed by atoms with Crippen LogP contribution < -0.4 is 0 Å². The van der Waals surface area contributed by atoms with Gasteiger partial charge in [0.15, 0.2) is 0 Å². The number of likely N-dealkylation sites (tertiary alicyclic amines) is 1. The largest absolute Gasteiger partial charge is 0.466 e. The van der Waals surface area contributed by atoms with E-state index in [0.717, 1.165) is 24.1 Å². The Morgan fingerprint density at radius 1 is 1.09 bits per heavy atom. The Labute approximate surface area is 197 Å². The summed E-state index contributed by atoms with van der Waals surface area (Å²) in [5.41, 5.74) is 1.77. The number of esters is 1. The number of ether oxygens (including phenoxy) is 2. The van der Waals surface area contributed by atoms with Gasteiger partial charge in [-0.2, -0.15) is 0 Å². The van der Waals surface area contributed by atoms with Crippen molar-refractivity contribution in [2.45, 2.75) is 18.9 Å². The lowest BCUT2D eigenvalue weighted by atomic mass is 10.1. The normalized spacial score (nSPS) is 20.5.